The molecule has 2 rings (SSSR count). The highest BCUT2D eigenvalue weighted by atomic mass is 16.6. The van der Waals surface area contributed by atoms with Crippen molar-refractivity contribution in [3.63, 3.8) is 0 Å². The van der Waals surface area contributed by atoms with Gasteiger partial charge in [0.1, 0.15) is 0 Å². The maximum Gasteiger partial charge on any atom is 0.305 e. The van der Waals surface area contributed by atoms with Gasteiger partial charge in [0.25, 0.3) is 11.6 Å². The fourth-order valence-corrected chi connectivity index (χ4v) is 1.48. The molecule has 0 amide bonds. The first-order valence-corrected chi connectivity index (χ1v) is 5.63. The van der Waals surface area contributed by atoms with Gasteiger partial charge in [0.2, 0.25) is 0 Å². The van der Waals surface area contributed by atoms with Crippen molar-refractivity contribution in [2.75, 3.05) is 19.2 Å². The van der Waals surface area contributed by atoms with Gasteiger partial charge in [0.15, 0.2) is 11.5 Å². The van der Waals surface area contributed by atoms with E-state index in [9.17, 15) is 0 Å². The lowest BCUT2D eigenvalue weighted by Gasteiger charge is -2.08. The maximum atomic E-state index is 8.88. The molecule has 7 nitrogen and oxygen atoms in total. The SMILES string of the molecule is CCOc1c(Oc2ccccc2OC)noc1NO. The van der Waals surface area contributed by atoms with E-state index in [1.54, 1.807) is 25.1 Å². The number of ether oxygens (including phenoxy) is 3. The van der Waals surface area contributed by atoms with Gasteiger partial charge in [-0.3, -0.25) is 5.21 Å². The van der Waals surface area contributed by atoms with Crippen molar-refractivity contribution in [1.29, 1.82) is 0 Å². The van der Waals surface area contributed by atoms with Crippen molar-refractivity contribution in [2.24, 2.45) is 0 Å². The van der Waals surface area contributed by atoms with Crippen molar-refractivity contribution >= 4 is 5.88 Å². The number of nitrogens with zero attached hydrogens (tertiary/aromatic N) is 1. The molecule has 0 saturated carbocycles. The number of methoxy groups -OCH3 is 1. The van der Waals surface area contributed by atoms with Crippen LogP contribution >= 0.6 is 0 Å². The molecule has 0 atom stereocenters. The Kier molecular flexibility index (Phi) is 4.09. The molecular formula is C12H14N2O5. The molecule has 102 valence electrons. The molecule has 0 fully saturated rings. The average Bonchev–Trinajstić information content (AvgIpc) is 2.82. The molecule has 19 heavy (non-hydrogen) atoms. The van der Waals surface area contributed by atoms with E-state index >= 15 is 0 Å². The van der Waals surface area contributed by atoms with Crippen LogP contribution in [0.1, 0.15) is 6.92 Å². The number of para-hydroxylation sites is 2. The van der Waals surface area contributed by atoms with E-state index in [1.165, 1.54) is 7.11 Å². The summed E-state index contributed by atoms with van der Waals surface area (Å²) < 4.78 is 20.9. The van der Waals surface area contributed by atoms with Crippen LogP contribution in [0.3, 0.4) is 0 Å². The summed E-state index contributed by atoms with van der Waals surface area (Å²) in [7, 11) is 1.54. The fraction of sp³-hybridized carbons (Fsp3) is 0.250. The number of rotatable bonds is 6. The Morgan fingerprint density at radius 1 is 1.32 bits per heavy atom. The molecule has 0 spiro atoms. The number of aromatic nitrogens is 1. The smallest absolute Gasteiger partial charge is 0.305 e. The molecule has 0 bridgehead atoms. The average molecular weight is 266 g/mol. The van der Waals surface area contributed by atoms with Gasteiger partial charge in [-0.2, -0.15) is 0 Å². The second kappa shape index (κ2) is 5.96. The molecule has 0 radical (unpaired) electrons. The fourth-order valence-electron chi connectivity index (χ4n) is 1.48. The van der Waals surface area contributed by atoms with Crippen LogP contribution in [0, 0.1) is 0 Å². The third kappa shape index (κ3) is 2.71. The molecule has 0 saturated heterocycles. The molecule has 0 aliphatic rings. The van der Waals surface area contributed by atoms with Crippen molar-refractivity contribution in [2.45, 2.75) is 6.92 Å². The lowest BCUT2D eigenvalue weighted by molar-refractivity contribution is 0.308. The minimum atomic E-state index is -0.0215. The molecule has 0 aliphatic heterocycles. The van der Waals surface area contributed by atoms with E-state index in [2.05, 4.69) is 5.16 Å². The van der Waals surface area contributed by atoms with Crippen LogP contribution in [0.15, 0.2) is 28.8 Å². The Labute approximate surface area is 109 Å². The zero-order chi connectivity index (χ0) is 13.7. The summed E-state index contributed by atoms with van der Waals surface area (Å²) in [6.07, 6.45) is 0. The van der Waals surface area contributed by atoms with E-state index in [-0.39, 0.29) is 17.5 Å². The summed E-state index contributed by atoms with van der Waals surface area (Å²) in [6, 6.07) is 7.08. The van der Waals surface area contributed by atoms with Gasteiger partial charge >= 0.3 is 5.88 Å². The number of hydrogen-bond acceptors (Lipinski definition) is 7. The van der Waals surface area contributed by atoms with Crippen molar-refractivity contribution in [3.05, 3.63) is 24.3 Å². The van der Waals surface area contributed by atoms with Crippen LogP contribution in [0.2, 0.25) is 0 Å². The van der Waals surface area contributed by atoms with E-state index in [4.69, 9.17) is 23.9 Å². The van der Waals surface area contributed by atoms with Gasteiger partial charge < -0.3 is 18.7 Å². The monoisotopic (exact) mass is 266 g/mol. The lowest BCUT2D eigenvalue weighted by Crippen LogP contribution is -1.97. The Balaban J connectivity index is 2.30. The Morgan fingerprint density at radius 3 is 2.68 bits per heavy atom. The van der Waals surface area contributed by atoms with Gasteiger partial charge in [0, 0.05) is 0 Å². The molecule has 0 aliphatic carbocycles. The van der Waals surface area contributed by atoms with E-state index in [0.29, 0.717) is 18.1 Å². The molecule has 1 aromatic heterocycles. The molecule has 2 aromatic rings. The van der Waals surface area contributed by atoms with E-state index in [0.717, 1.165) is 0 Å². The van der Waals surface area contributed by atoms with Crippen LogP contribution < -0.4 is 19.7 Å². The Bertz CT molecular complexity index is 541. The zero-order valence-electron chi connectivity index (χ0n) is 10.5. The predicted octanol–water partition coefficient (Wildman–Crippen LogP) is 2.68. The predicted molar refractivity (Wildman–Crippen MR) is 66.1 cm³/mol. The van der Waals surface area contributed by atoms with Crippen molar-refractivity contribution in [3.8, 4) is 23.1 Å². The minimum absolute atomic E-state index is 0.0215. The van der Waals surface area contributed by atoms with Crippen LogP contribution in [-0.4, -0.2) is 24.1 Å². The summed E-state index contributed by atoms with van der Waals surface area (Å²) in [5, 5.41) is 12.6. The van der Waals surface area contributed by atoms with Gasteiger partial charge in [0.05, 0.1) is 13.7 Å². The first-order chi connectivity index (χ1) is 9.30. The normalized spacial score (nSPS) is 10.1. The summed E-state index contributed by atoms with van der Waals surface area (Å²) >= 11 is 0. The molecular weight excluding hydrogens is 252 g/mol. The van der Waals surface area contributed by atoms with Crippen LogP contribution in [0.5, 0.6) is 23.1 Å². The second-order valence-electron chi connectivity index (χ2n) is 3.44. The highest BCUT2D eigenvalue weighted by Gasteiger charge is 2.20. The largest absolute Gasteiger partial charge is 0.493 e. The summed E-state index contributed by atoms with van der Waals surface area (Å²) in [4.78, 5) is 0. The standard InChI is InChI=1S/C12H14N2O5/c1-3-17-10-11(13-15)19-14-12(10)18-9-7-5-4-6-8(9)16-2/h4-7,13,15H,3H2,1-2H3. The number of hydrogen-bond donors (Lipinski definition) is 2. The Hall–Kier alpha value is -2.41. The van der Waals surface area contributed by atoms with Gasteiger partial charge in [-0.15, -0.1) is 0 Å². The van der Waals surface area contributed by atoms with Crippen molar-refractivity contribution < 1.29 is 23.9 Å². The molecule has 7 heteroatoms. The second-order valence-corrected chi connectivity index (χ2v) is 3.44. The lowest BCUT2D eigenvalue weighted by atomic mass is 10.3. The molecule has 0 unspecified atom stereocenters. The van der Waals surface area contributed by atoms with Crippen molar-refractivity contribution in [1.82, 2.24) is 5.16 Å². The summed E-state index contributed by atoms with van der Waals surface area (Å²) in [5.74, 6) is 1.28. The maximum absolute atomic E-state index is 8.88. The first kappa shape index (κ1) is 13.0. The highest BCUT2D eigenvalue weighted by Crippen LogP contribution is 2.39. The van der Waals surface area contributed by atoms with Gasteiger partial charge in [-0.1, -0.05) is 12.1 Å². The molecule has 1 heterocycles. The van der Waals surface area contributed by atoms with E-state index < -0.39 is 0 Å². The summed E-state index contributed by atoms with van der Waals surface area (Å²) in [5.41, 5.74) is 1.85. The third-order valence-electron chi connectivity index (χ3n) is 2.29. The highest BCUT2D eigenvalue weighted by molar-refractivity contribution is 5.54. The van der Waals surface area contributed by atoms with Gasteiger partial charge in [-0.25, -0.2) is 5.48 Å². The number of benzene rings is 1. The first-order valence-electron chi connectivity index (χ1n) is 5.63. The number of anilines is 1. The van der Waals surface area contributed by atoms with Crippen LogP contribution in [0.4, 0.5) is 5.88 Å². The zero-order valence-corrected chi connectivity index (χ0v) is 10.5. The molecule has 1 aromatic carbocycles. The minimum Gasteiger partial charge on any atom is -0.493 e. The van der Waals surface area contributed by atoms with Crippen LogP contribution in [0.25, 0.3) is 0 Å². The van der Waals surface area contributed by atoms with E-state index in [1.807, 2.05) is 11.5 Å². The topological polar surface area (TPSA) is 86.0 Å². The number of nitrogens with one attached hydrogen (secondary N) is 1. The van der Waals surface area contributed by atoms with Gasteiger partial charge in [-0.05, 0) is 24.2 Å². The quantitative estimate of drug-likeness (QED) is 0.777. The molecule has 2 N–H and O–H groups in total. The third-order valence-corrected chi connectivity index (χ3v) is 2.29. The van der Waals surface area contributed by atoms with Crippen LogP contribution in [-0.2, 0) is 0 Å². The summed E-state index contributed by atoms with van der Waals surface area (Å²) in [6.45, 7) is 2.17. The Morgan fingerprint density at radius 2 is 2.05 bits per heavy atom.